The fourth-order valence-electron chi connectivity index (χ4n) is 0.823. The first-order chi connectivity index (χ1) is 6.06. The first-order valence-corrected chi connectivity index (χ1v) is 3.69. The fourth-order valence-corrected chi connectivity index (χ4v) is 1.01. The molecule has 5 nitrogen and oxygen atoms in total. The molecule has 3 N–H and O–H groups in total. The van der Waals surface area contributed by atoms with Crippen LogP contribution in [0.3, 0.4) is 0 Å². The Labute approximate surface area is 75.9 Å². The lowest BCUT2D eigenvalue weighted by molar-refractivity contribution is 0.0693. The molecule has 0 aliphatic carbocycles. The lowest BCUT2D eigenvalue weighted by Gasteiger charge is -2.05. The molecular formula is C7H7O5P. The Morgan fingerprint density at radius 2 is 1.92 bits per heavy atom. The zero-order valence-electron chi connectivity index (χ0n) is 6.39. The Morgan fingerprint density at radius 3 is 2.38 bits per heavy atom. The molecule has 0 aliphatic heterocycles. The zero-order chi connectivity index (χ0) is 10.0. The van der Waals surface area contributed by atoms with Gasteiger partial charge < -0.3 is 19.8 Å². The number of phenolic OH excluding ortho intramolecular Hbond substituents is 1. The van der Waals surface area contributed by atoms with Crippen molar-refractivity contribution in [3.63, 3.8) is 0 Å². The van der Waals surface area contributed by atoms with Crippen LogP contribution >= 0.6 is 9.47 Å². The normalized spacial score (nSPS) is 9.62. The van der Waals surface area contributed by atoms with Gasteiger partial charge in [0.1, 0.15) is 11.3 Å². The van der Waals surface area contributed by atoms with Crippen molar-refractivity contribution in [1.82, 2.24) is 0 Å². The van der Waals surface area contributed by atoms with Crippen molar-refractivity contribution in [3.8, 4) is 17.2 Å². The van der Waals surface area contributed by atoms with Crippen molar-refractivity contribution < 1.29 is 24.6 Å². The van der Waals surface area contributed by atoms with Crippen LogP contribution in [-0.2, 0) is 0 Å². The van der Waals surface area contributed by atoms with E-state index in [0.717, 1.165) is 12.1 Å². The molecule has 70 valence electrons. The summed E-state index contributed by atoms with van der Waals surface area (Å²) in [5.74, 6) is -2.12. The van der Waals surface area contributed by atoms with Crippen LogP contribution in [0.4, 0.5) is 0 Å². The number of carboxylic acids is 1. The second kappa shape index (κ2) is 3.49. The van der Waals surface area contributed by atoms with E-state index in [9.17, 15) is 4.79 Å². The molecule has 0 saturated carbocycles. The van der Waals surface area contributed by atoms with Crippen LogP contribution in [0.25, 0.3) is 0 Å². The van der Waals surface area contributed by atoms with Gasteiger partial charge >= 0.3 is 5.97 Å². The van der Waals surface area contributed by atoms with E-state index < -0.39 is 11.7 Å². The van der Waals surface area contributed by atoms with E-state index >= 15 is 0 Å². The maximum atomic E-state index is 10.5. The molecule has 0 saturated heterocycles. The Kier molecular flexibility index (Phi) is 2.58. The number of carboxylic acid groups (broad SMARTS) is 1. The monoisotopic (exact) mass is 202 g/mol. The quantitative estimate of drug-likeness (QED) is 0.491. The van der Waals surface area contributed by atoms with Crippen molar-refractivity contribution >= 4 is 15.4 Å². The van der Waals surface area contributed by atoms with Crippen molar-refractivity contribution in [3.05, 3.63) is 17.7 Å². The molecule has 1 rings (SSSR count). The van der Waals surface area contributed by atoms with Crippen LogP contribution in [0.1, 0.15) is 10.4 Å². The van der Waals surface area contributed by atoms with Gasteiger partial charge in [-0.05, 0) is 0 Å². The van der Waals surface area contributed by atoms with E-state index in [-0.39, 0.29) is 17.1 Å². The van der Waals surface area contributed by atoms with E-state index in [1.807, 2.05) is 9.47 Å². The third-order valence-corrected chi connectivity index (χ3v) is 1.69. The van der Waals surface area contributed by atoms with Gasteiger partial charge in [-0.3, -0.25) is 0 Å². The molecular weight excluding hydrogens is 195 g/mol. The topological polar surface area (TPSA) is 87.0 Å². The second-order valence-corrected chi connectivity index (χ2v) is 2.50. The summed E-state index contributed by atoms with van der Waals surface area (Å²) in [6.45, 7) is 0. The predicted molar refractivity (Wildman–Crippen MR) is 47.1 cm³/mol. The minimum atomic E-state index is -1.32. The number of aromatic hydroxyl groups is 2. The van der Waals surface area contributed by atoms with Crippen molar-refractivity contribution in [2.75, 3.05) is 0 Å². The smallest absolute Gasteiger partial charge is 0.339 e. The number of benzene rings is 1. The van der Waals surface area contributed by atoms with E-state index in [2.05, 4.69) is 4.52 Å². The first kappa shape index (κ1) is 9.61. The molecule has 0 bridgehead atoms. The summed E-state index contributed by atoms with van der Waals surface area (Å²) in [7, 11) is 1.87. The van der Waals surface area contributed by atoms with Gasteiger partial charge in [0.25, 0.3) is 0 Å². The second-order valence-electron chi connectivity index (χ2n) is 2.26. The highest BCUT2D eigenvalue weighted by molar-refractivity contribution is 7.10. The maximum absolute atomic E-state index is 10.5. The molecule has 13 heavy (non-hydrogen) atoms. The van der Waals surface area contributed by atoms with Gasteiger partial charge in [0.2, 0.25) is 0 Å². The minimum absolute atomic E-state index is 0.00694. The number of aromatic carboxylic acids is 1. The summed E-state index contributed by atoms with van der Waals surface area (Å²) in [5, 5.41) is 26.8. The Hall–Kier alpha value is -1.48. The predicted octanol–water partition coefficient (Wildman–Crippen LogP) is 0.965. The molecule has 0 fully saturated rings. The number of hydrogen-bond acceptors (Lipinski definition) is 4. The summed E-state index contributed by atoms with van der Waals surface area (Å²) >= 11 is 0. The molecule has 1 aromatic carbocycles. The molecule has 0 amide bonds. The van der Waals surface area contributed by atoms with Crippen molar-refractivity contribution in [2.24, 2.45) is 0 Å². The first-order valence-electron chi connectivity index (χ1n) is 3.22. The standard InChI is InChI=1S/C7H7O5P/c8-4-2-6(12-13)5(9)1-3(4)7(10)11/h1-2,8-9H,13H2,(H,10,11). The Bertz CT molecular complexity index is 349. The third-order valence-electron chi connectivity index (χ3n) is 1.43. The SMILES string of the molecule is O=C(O)c1cc(O)c(OP)cc1O. The van der Waals surface area contributed by atoms with Crippen molar-refractivity contribution in [2.45, 2.75) is 0 Å². The highest BCUT2D eigenvalue weighted by Crippen LogP contribution is 2.34. The van der Waals surface area contributed by atoms with Gasteiger partial charge in [-0.15, -0.1) is 0 Å². The fraction of sp³-hybridized carbons (Fsp3) is 0. The van der Waals surface area contributed by atoms with E-state index in [1.165, 1.54) is 0 Å². The Balaban J connectivity index is 3.28. The molecule has 1 atom stereocenters. The summed E-state index contributed by atoms with van der Waals surface area (Å²) in [4.78, 5) is 10.5. The summed E-state index contributed by atoms with van der Waals surface area (Å²) in [6, 6.07) is 1.93. The van der Waals surface area contributed by atoms with Crippen LogP contribution in [0.5, 0.6) is 17.2 Å². The van der Waals surface area contributed by atoms with Gasteiger partial charge in [-0.25, -0.2) is 4.79 Å². The van der Waals surface area contributed by atoms with Gasteiger partial charge in [0.15, 0.2) is 11.5 Å². The van der Waals surface area contributed by atoms with Crippen LogP contribution in [0.2, 0.25) is 0 Å². The third kappa shape index (κ3) is 1.81. The van der Waals surface area contributed by atoms with Crippen LogP contribution in [-0.4, -0.2) is 21.3 Å². The minimum Gasteiger partial charge on any atom is -0.507 e. The van der Waals surface area contributed by atoms with E-state index in [4.69, 9.17) is 15.3 Å². The van der Waals surface area contributed by atoms with Gasteiger partial charge in [0.05, 0.1) is 9.47 Å². The lowest BCUT2D eigenvalue weighted by Crippen LogP contribution is -1.96. The maximum Gasteiger partial charge on any atom is 0.339 e. The van der Waals surface area contributed by atoms with Crippen LogP contribution < -0.4 is 4.52 Å². The van der Waals surface area contributed by atoms with E-state index in [0.29, 0.717) is 0 Å². The number of carbonyl (C=O) groups is 1. The van der Waals surface area contributed by atoms with E-state index in [1.54, 1.807) is 0 Å². The molecule has 1 unspecified atom stereocenters. The summed E-state index contributed by atoms with van der Waals surface area (Å²) < 4.78 is 4.57. The Morgan fingerprint density at radius 1 is 1.31 bits per heavy atom. The molecule has 0 aliphatic rings. The number of rotatable bonds is 2. The molecule has 0 radical (unpaired) electrons. The van der Waals surface area contributed by atoms with Crippen LogP contribution in [0, 0.1) is 0 Å². The van der Waals surface area contributed by atoms with Gasteiger partial charge in [-0.1, -0.05) is 0 Å². The number of phenols is 2. The molecule has 0 heterocycles. The van der Waals surface area contributed by atoms with Gasteiger partial charge in [-0.2, -0.15) is 0 Å². The average Bonchev–Trinajstić information content (AvgIpc) is 2.07. The summed E-state index contributed by atoms with van der Waals surface area (Å²) in [5.41, 5.74) is -0.372. The van der Waals surface area contributed by atoms with Gasteiger partial charge in [0, 0.05) is 12.1 Å². The molecule has 1 aromatic rings. The highest BCUT2D eigenvalue weighted by atomic mass is 31.0. The number of hydrogen-bond donors (Lipinski definition) is 3. The largest absolute Gasteiger partial charge is 0.507 e. The van der Waals surface area contributed by atoms with Crippen LogP contribution in [0.15, 0.2) is 12.1 Å². The highest BCUT2D eigenvalue weighted by Gasteiger charge is 2.13. The molecule has 0 aromatic heterocycles. The molecule has 0 spiro atoms. The average molecular weight is 202 g/mol. The molecule has 6 heteroatoms. The summed E-state index contributed by atoms with van der Waals surface area (Å²) in [6.07, 6.45) is 0. The lowest BCUT2D eigenvalue weighted by atomic mass is 10.2. The zero-order valence-corrected chi connectivity index (χ0v) is 7.54. The van der Waals surface area contributed by atoms with Crippen molar-refractivity contribution in [1.29, 1.82) is 0 Å².